The molecule has 92 valence electrons. The summed E-state index contributed by atoms with van der Waals surface area (Å²) < 4.78 is 12.9. The van der Waals surface area contributed by atoms with E-state index >= 15 is 0 Å². The average molecular weight is 262 g/mol. The largest absolute Gasteiger partial charge is 0.294 e. The van der Waals surface area contributed by atoms with Crippen LogP contribution in [0.4, 0.5) is 4.39 Å². The van der Waals surface area contributed by atoms with E-state index in [2.05, 4.69) is 0 Å². The Bertz CT molecular complexity index is 561. The molecule has 0 saturated carbocycles. The summed E-state index contributed by atoms with van der Waals surface area (Å²) in [7, 11) is 0. The van der Waals surface area contributed by atoms with Gasteiger partial charge in [0, 0.05) is 18.4 Å². The predicted molar refractivity (Wildman–Crippen MR) is 68.6 cm³/mol. The van der Waals surface area contributed by atoms with Gasteiger partial charge >= 0.3 is 0 Å². The first-order chi connectivity index (χ1) is 8.66. The Morgan fingerprint density at radius 1 is 1.06 bits per heavy atom. The third-order valence-electron chi connectivity index (χ3n) is 2.52. The van der Waals surface area contributed by atoms with Crippen LogP contribution < -0.4 is 0 Å². The number of hydrogen-bond acceptors (Lipinski definition) is 3. The zero-order valence-electron chi connectivity index (χ0n) is 9.56. The minimum Gasteiger partial charge on any atom is -0.294 e. The van der Waals surface area contributed by atoms with Crippen molar-refractivity contribution in [2.75, 3.05) is 0 Å². The van der Waals surface area contributed by atoms with Crippen molar-refractivity contribution in [3.63, 3.8) is 0 Å². The van der Waals surface area contributed by atoms with Gasteiger partial charge in [-0.3, -0.25) is 9.59 Å². The molecule has 0 aliphatic carbocycles. The summed E-state index contributed by atoms with van der Waals surface area (Å²) in [6, 6.07) is 9.06. The van der Waals surface area contributed by atoms with E-state index in [9.17, 15) is 14.0 Å². The first-order valence-electron chi connectivity index (χ1n) is 5.52. The van der Waals surface area contributed by atoms with Gasteiger partial charge < -0.3 is 0 Å². The lowest BCUT2D eigenvalue weighted by Crippen LogP contribution is -2.04. The maximum absolute atomic E-state index is 12.9. The first kappa shape index (κ1) is 12.6. The Hall–Kier alpha value is -1.81. The van der Waals surface area contributed by atoms with Crippen LogP contribution in [0.25, 0.3) is 0 Å². The highest BCUT2D eigenvalue weighted by Gasteiger charge is 2.11. The number of carbonyl (C=O) groups is 2. The molecule has 1 aromatic heterocycles. The lowest BCUT2D eigenvalue weighted by Gasteiger charge is -2.00. The fourth-order valence-corrected chi connectivity index (χ4v) is 2.29. The van der Waals surface area contributed by atoms with E-state index < -0.39 is 5.82 Å². The standard InChI is InChI=1S/C14H11FO2S/c15-11-4-1-3-10(9-11)12(16)6-7-13(17)14-5-2-8-18-14/h1-5,8-9H,6-7H2. The number of carbonyl (C=O) groups excluding carboxylic acids is 2. The molecule has 0 aliphatic rings. The zero-order valence-corrected chi connectivity index (χ0v) is 10.4. The molecule has 0 saturated heterocycles. The van der Waals surface area contributed by atoms with E-state index in [1.54, 1.807) is 18.2 Å². The van der Waals surface area contributed by atoms with Crippen LogP contribution in [-0.2, 0) is 0 Å². The quantitative estimate of drug-likeness (QED) is 0.769. The van der Waals surface area contributed by atoms with Crippen LogP contribution in [0.5, 0.6) is 0 Å². The van der Waals surface area contributed by atoms with Crippen LogP contribution in [0.2, 0.25) is 0 Å². The fraction of sp³-hybridized carbons (Fsp3) is 0.143. The lowest BCUT2D eigenvalue weighted by molar-refractivity contribution is 0.0919. The Kier molecular flexibility index (Phi) is 3.99. The predicted octanol–water partition coefficient (Wildman–Crippen LogP) is 3.73. The molecule has 0 unspecified atom stereocenters. The summed E-state index contributed by atoms with van der Waals surface area (Å²) in [4.78, 5) is 24.1. The molecule has 2 aromatic rings. The fourth-order valence-electron chi connectivity index (χ4n) is 1.59. The van der Waals surface area contributed by atoms with E-state index in [0.29, 0.717) is 10.4 Å². The number of halogens is 1. The molecule has 0 N–H and O–H groups in total. The number of Topliss-reactive ketones (excluding diaryl/α,β-unsaturated/α-hetero) is 2. The van der Waals surface area contributed by atoms with Crippen LogP contribution in [-0.4, -0.2) is 11.6 Å². The minimum atomic E-state index is -0.439. The molecule has 0 aliphatic heterocycles. The molecule has 1 heterocycles. The minimum absolute atomic E-state index is 0.0465. The third kappa shape index (κ3) is 3.11. The van der Waals surface area contributed by atoms with Crippen molar-refractivity contribution in [3.8, 4) is 0 Å². The van der Waals surface area contributed by atoms with Crippen LogP contribution >= 0.6 is 11.3 Å². The highest BCUT2D eigenvalue weighted by atomic mass is 32.1. The van der Waals surface area contributed by atoms with E-state index in [4.69, 9.17) is 0 Å². The summed E-state index contributed by atoms with van der Waals surface area (Å²) in [5.74, 6) is -0.695. The molecular weight excluding hydrogens is 251 g/mol. The maximum atomic E-state index is 12.9. The molecule has 0 fully saturated rings. The van der Waals surface area contributed by atoms with Gasteiger partial charge in [0.05, 0.1) is 4.88 Å². The highest BCUT2D eigenvalue weighted by Crippen LogP contribution is 2.14. The maximum Gasteiger partial charge on any atom is 0.173 e. The molecular formula is C14H11FO2S. The van der Waals surface area contributed by atoms with Gasteiger partial charge in [-0.1, -0.05) is 18.2 Å². The number of rotatable bonds is 5. The van der Waals surface area contributed by atoms with Crippen molar-refractivity contribution < 1.29 is 14.0 Å². The van der Waals surface area contributed by atoms with Crippen molar-refractivity contribution in [1.29, 1.82) is 0 Å². The summed E-state index contributed by atoms with van der Waals surface area (Å²) in [5.41, 5.74) is 0.314. The molecule has 0 atom stereocenters. The summed E-state index contributed by atoms with van der Waals surface area (Å²) in [6.07, 6.45) is 0.274. The van der Waals surface area contributed by atoms with E-state index in [1.807, 2.05) is 5.38 Å². The monoisotopic (exact) mass is 262 g/mol. The summed E-state index contributed by atoms with van der Waals surface area (Å²) >= 11 is 1.36. The number of hydrogen-bond donors (Lipinski definition) is 0. The van der Waals surface area contributed by atoms with Gasteiger partial charge in [-0.25, -0.2) is 4.39 Å². The molecule has 18 heavy (non-hydrogen) atoms. The van der Waals surface area contributed by atoms with Gasteiger partial charge in [0.1, 0.15) is 5.82 Å². The molecule has 2 nitrogen and oxygen atoms in total. The second kappa shape index (κ2) is 5.69. The topological polar surface area (TPSA) is 34.1 Å². The van der Waals surface area contributed by atoms with Crippen molar-refractivity contribution in [2.45, 2.75) is 12.8 Å². The van der Waals surface area contributed by atoms with Crippen molar-refractivity contribution in [3.05, 3.63) is 58.0 Å². The van der Waals surface area contributed by atoms with E-state index in [1.165, 1.54) is 29.5 Å². The van der Waals surface area contributed by atoms with Crippen molar-refractivity contribution >= 4 is 22.9 Å². The molecule has 1 aromatic carbocycles. The van der Waals surface area contributed by atoms with Gasteiger partial charge in [0.25, 0.3) is 0 Å². The first-order valence-corrected chi connectivity index (χ1v) is 6.40. The number of thiophene rings is 1. The molecule has 0 amide bonds. The second-order valence-electron chi connectivity index (χ2n) is 3.83. The average Bonchev–Trinajstić information content (AvgIpc) is 2.89. The molecule has 0 bridgehead atoms. The second-order valence-corrected chi connectivity index (χ2v) is 4.78. The van der Waals surface area contributed by atoms with Crippen LogP contribution in [0.1, 0.15) is 32.9 Å². The number of benzene rings is 1. The summed E-state index contributed by atoms with van der Waals surface area (Å²) in [6.45, 7) is 0. The Labute approximate surface area is 108 Å². The number of ketones is 2. The molecule has 4 heteroatoms. The van der Waals surface area contributed by atoms with Crippen LogP contribution in [0, 0.1) is 5.82 Å². The lowest BCUT2D eigenvalue weighted by atomic mass is 10.0. The van der Waals surface area contributed by atoms with Crippen molar-refractivity contribution in [2.24, 2.45) is 0 Å². The third-order valence-corrected chi connectivity index (χ3v) is 3.43. The van der Waals surface area contributed by atoms with Crippen molar-refractivity contribution in [1.82, 2.24) is 0 Å². The van der Waals surface area contributed by atoms with Gasteiger partial charge in [-0.05, 0) is 23.6 Å². The molecule has 0 spiro atoms. The Balaban J connectivity index is 1.95. The highest BCUT2D eigenvalue weighted by molar-refractivity contribution is 7.12. The smallest absolute Gasteiger partial charge is 0.173 e. The van der Waals surface area contributed by atoms with Crippen LogP contribution in [0.3, 0.4) is 0 Å². The zero-order chi connectivity index (χ0) is 13.0. The van der Waals surface area contributed by atoms with Gasteiger partial charge in [-0.15, -0.1) is 11.3 Å². The van der Waals surface area contributed by atoms with Gasteiger partial charge in [-0.2, -0.15) is 0 Å². The van der Waals surface area contributed by atoms with E-state index in [0.717, 1.165) is 0 Å². The normalized spacial score (nSPS) is 10.3. The Morgan fingerprint density at radius 2 is 1.83 bits per heavy atom. The SMILES string of the molecule is O=C(CCC(=O)c1cccs1)c1cccc(F)c1. The van der Waals surface area contributed by atoms with Crippen LogP contribution in [0.15, 0.2) is 41.8 Å². The molecule has 2 rings (SSSR count). The van der Waals surface area contributed by atoms with Gasteiger partial charge in [0.2, 0.25) is 0 Å². The molecule has 0 radical (unpaired) electrons. The van der Waals surface area contributed by atoms with Gasteiger partial charge in [0.15, 0.2) is 11.6 Å². The van der Waals surface area contributed by atoms with E-state index in [-0.39, 0.29) is 24.4 Å². The summed E-state index contributed by atoms with van der Waals surface area (Å²) in [5, 5.41) is 1.82. The Morgan fingerprint density at radius 3 is 2.50 bits per heavy atom.